The number of aliphatic hydroxyl groups is 4. The Morgan fingerprint density at radius 1 is 0.576 bits per heavy atom. The molecule has 0 saturated heterocycles. The van der Waals surface area contributed by atoms with E-state index in [2.05, 4.69) is 60.9 Å². The minimum absolute atomic E-state index is 0.128. The number of esters is 2. The maximum absolute atomic E-state index is 12.7. The number of unbranched alkanes of at least 4 members (excludes halogenated alkanes) is 13. The van der Waals surface area contributed by atoms with Gasteiger partial charge in [-0.2, -0.15) is 0 Å². The van der Waals surface area contributed by atoms with Crippen molar-refractivity contribution in [3.8, 4) is 0 Å². The topological polar surface area (TPSA) is 189 Å². The summed E-state index contributed by atoms with van der Waals surface area (Å²) < 4.78 is 32.5. The molecule has 0 aromatic carbocycles. The number of hydrogen-bond acceptors (Lipinski definition) is 11. The Bertz CT molecular complexity index is 1200. The molecule has 5 N–H and O–H groups in total. The molecule has 12 nitrogen and oxygen atoms in total. The van der Waals surface area contributed by atoms with Crippen LogP contribution in [0.2, 0.25) is 0 Å². The van der Waals surface area contributed by atoms with Crippen LogP contribution in [0.25, 0.3) is 0 Å². The van der Waals surface area contributed by atoms with Crippen molar-refractivity contribution in [1.82, 2.24) is 0 Å². The lowest BCUT2D eigenvalue weighted by atomic mass is 10.0. The van der Waals surface area contributed by atoms with E-state index in [1.807, 2.05) is 12.2 Å². The fourth-order valence-corrected chi connectivity index (χ4v) is 6.57. The van der Waals surface area contributed by atoms with Gasteiger partial charge in [-0.15, -0.1) is 0 Å². The van der Waals surface area contributed by atoms with Gasteiger partial charge >= 0.3 is 19.8 Å². The summed E-state index contributed by atoms with van der Waals surface area (Å²) in [5.41, 5.74) is 0. The minimum atomic E-state index is -4.70. The highest BCUT2D eigenvalue weighted by Gasteiger charge is 2.27. The Morgan fingerprint density at radius 3 is 1.66 bits per heavy atom. The molecule has 0 aliphatic heterocycles. The van der Waals surface area contributed by atoms with Crippen LogP contribution in [0.3, 0.4) is 0 Å². The third kappa shape index (κ3) is 39.5. The van der Waals surface area contributed by atoms with Crippen LogP contribution >= 0.6 is 7.82 Å². The van der Waals surface area contributed by atoms with Crippen molar-refractivity contribution in [2.45, 2.75) is 192 Å². The van der Waals surface area contributed by atoms with Crippen LogP contribution in [-0.4, -0.2) is 88.1 Å². The standard InChI is InChI=1S/C46H81O12P/c1-3-5-7-9-11-13-15-17-18-19-20-21-23-25-27-29-31-35-45(51)55-39-42(40-57-59(53,54)56-38-41(48)37-47)58-46(52)36-32-34-44(50)43(49)33-30-28-26-24-22-16-14-12-10-8-6-4-2/h6,8,12,14,17-18,22,24,28,30,41-44,47-50H,3-5,7,9-11,13,15-16,19-21,23,25-27,29,31-40H2,1-2H3,(H,53,54)/b8-6-,14-12-,18-17-,24-22-,30-28-/t41-,42+,43+,44+/m0/s1. The van der Waals surface area contributed by atoms with Crippen LogP contribution in [0.4, 0.5) is 0 Å². The normalized spacial score (nSPS) is 15.4. The molecule has 0 amide bonds. The van der Waals surface area contributed by atoms with Gasteiger partial charge in [0, 0.05) is 12.8 Å². The zero-order chi connectivity index (χ0) is 43.7. The second-order valence-corrected chi connectivity index (χ2v) is 16.4. The smallest absolute Gasteiger partial charge is 0.462 e. The first-order valence-corrected chi connectivity index (χ1v) is 23.9. The fourth-order valence-electron chi connectivity index (χ4n) is 5.78. The SMILES string of the molecule is CC/C=C\C/C=C\C/C=C\C/C=C\C[C@@H](O)[C@H](O)CCCC(=O)O[C@H](COC(=O)CCCCCCCCC/C=C\CCCCCCCC)COP(=O)(O)OC[C@@H](O)CO. The zero-order valence-corrected chi connectivity index (χ0v) is 37.3. The van der Waals surface area contributed by atoms with Crippen molar-refractivity contribution in [2.24, 2.45) is 0 Å². The number of allylic oxidation sites excluding steroid dienone is 9. The first-order valence-electron chi connectivity index (χ1n) is 22.4. The molecule has 13 heteroatoms. The van der Waals surface area contributed by atoms with Crippen LogP contribution in [0.5, 0.6) is 0 Å². The molecule has 0 bridgehead atoms. The third-order valence-electron chi connectivity index (χ3n) is 9.36. The van der Waals surface area contributed by atoms with Gasteiger partial charge in [-0.1, -0.05) is 139 Å². The Morgan fingerprint density at radius 2 is 1.08 bits per heavy atom. The van der Waals surface area contributed by atoms with Gasteiger partial charge < -0.3 is 34.8 Å². The maximum Gasteiger partial charge on any atom is 0.472 e. The zero-order valence-electron chi connectivity index (χ0n) is 36.4. The molecule has 5 atom stereocenters. The van der Waals surface area contributed by atoms with Crippen molar-refractivity contribution >= 4 is 19.8 Å². The van der Waals surface area contributed by atoms with Crippen LogP contribution in [0.15, 0.2) is 60.8 Å². The molecule has 0 aliphatic rings. The summed E-state index contributed by atoms with van der Waals surface area (Å²) in [4.78, 5) is 35.1. The number of ether oxygens (including phenoxy) is 2. The maximum atomic E-state index is 12.7. The summed E-state index contributed by atoms with van der Waals surface area (Å²) in [5.74, 6) is -1.22. The van der Waals surface area contributed by atoms with Gasteiger partial charge in [0.2, 0.25) is 0 Å². The molecule has 59 heavy (non-hydrogen) atoms. The Balaban J connectivity index is 4.53. The molecule has 0 radical (unpaired) electrons. The number of phosphoric ester groups is 1. The summed E-state index contributed by atoms with van der Waals surface area (Å²) in [5, 5.41) is 39.1. The van der Waals surface area contributed by atoms with E-state index in [0.717, 1.165) is 51.4 Å². The Hall–Kier alpha value is -2.41. The van der Waals surface area contributed by atoms with Crippen LogP contribution in [0.1, 0.15) is 168 Å². The molecular formula is C46H81O12P. The molecule has 0 aromatic heterocycles. The highest BCUT2D eigenvalue weighted by atomic mass is 31.2. The molecule has 342 valence electrons. The second kappa shape index (κ2) is 41.0. The van der Waals surface area contributed by atoms with Crippen molar-refractivity contribution in [2.75, 3.05) is 26.4 Å². The lowest BCUT2D eigenvalue weighted by Gasteiger charge is -2.20. The number of hydrogen-bond donors (Lipinski definition) is 5. The van der Waals surface area contributed by atoms with Gasteiger partial charge in [-0.3, -0.25) is 18.6 Å². The average Bonchev–Trinajstić information content (AvgIpc) is 3.22. The van der Waals surface area contributed by atoms with Crippen LogP contribution < -0.4 is 0 Å². The largest absolute Gasteiger partial charge is 0.472 e. The highest BCUT2D eigenvalue weighted by Crippen LogP contribution is 2.43. The van der Waals surface area contributed by atoms with Crippen molar-refractivity contribution in [1.29, 1.82) is 0 Å². The molecular weight excluding hydrogens is 775 g/mol. The fraction of sp³-hybridized carbons (Fsp3) is 0.739. The van der Waals surface area contributed by atoms with Crippen molar-refractivity contribution in [3.05, 3.63) is 60.8 Å². The van der Waals surface area contributed by atoms with Gasteiger partial charge in [-0.05, 0) is 77.0 Å². The molecule has 0 fully saturated rings. The molecule has 0 aromatic rings. The summed E-state index contributed by atoms with van der Waals surface area (Å²) in [7, 11) is -4.70. The van der Waals surface area contributed by atoms with Crippen LogP contribution in [0, 0.1) is 0 Å². The predicted molar refractivity (Wildman–Crippen MR) is 236 cm³/mol. The van der Waals surface area contributed by atoms with Gasteiger partial charge in [0.25, 0.3) is 0 Å². The molecule has 0 heterocycles. The monoisotopic (exact) mass is 857 g/mol. The quantitative estimate of drug-likeness (QED) is 0.0170. The van der Waals surface area contributed by atoms with Crippen molar-refractivity contribution < 1.29 is 58.0 Å². The Labute approximate surface area is 356 Å². The van der Waals surface area contributed by atoms with Gasteiger partial charge in [0.1, 0.15) is 12.7 Å². The number of carbonyl (C=O) groups excluding carboxylic acids is 2. The lowest BCUT2D eigenvalue weighted by Crippen LogP contribution is -2.30. The van der Waals surface area contributed by atoms with E-state index >= 15 is 0 Å². The number of phosphoric acid groups is 1. The van der Waals surface area contributed by atoms with Crippen molar-refractivity contribution in [3.63, 3.8) is 0 Å². The molecule has 0 aliphatic carbocycles. The molecule has 0 rings (SSSR count). The van der Waals surface area contributed by atoms with Crippen LogP contribution in [-0.2, 0) is 32.7 Å². The van der Waals surface area contributed by atoms with E-state index < -0.39 is 70.6 Å². The highest BCUT2D eigenvalue weighted by molar-refractivity contribution is 7.47. The first-order chi connectivity index (χ1) is 28.5. The Kier molecular flexibility index (Phi) is 39.3. The van der Waals surface area contributed by atoms with E-state index in [4.69, 9.17) is 19.1 Å². The predicted octanol–water partition coefficient (Wildman–Crippen LogP) is 9.83. The number of rotatable bonds is 41. The summed E-state index contributed by atoms with van der Waals surface area (Å²) in [6, 6.07) is 0. The number of carbonyl (C=O) groups is 2. The summed E-state index contributed by atoms with van der Waals surface area (Å²) in [6.45, 7) is 1.92. The number of aliphatic hydroxyl groups excluding tert-OH is 4. The molecule has 0 spiro atoms. The third-order valence-corrected chi connectivity index (χ3v) is 10.3. The summed E-state index contributed by atoms with van der Waals surface area (Å²) in [6.07, 6.45) is 37.8. The average molecular weight is 857 g/mol. The van der Waals surface area contributed by atoms with Gasteiger partial charge in [-0.25, -0.2) is 4.57 Å². The second-order valence-electron chi connectivity index (χ2n) is 15.0. The van der Waals surface area contributed by atoms with Gasteiger partial charge in [0.05, 0.1) is 32.0 Å². The van der Waals surface area contributed by atoms with E-state index in [-0.39, 0.29) is 32.1 Å². The van der Waals surface area contributed by atoms with E-state index in [0.29, 0.717) is 12.8 Å². The summed E-state index contributed by atoms with van der Waals surface area (Å²) >= 11 is 0. The molecule has 1 unspecified atom stereocenters. The lowest BCUT2D eigenvalue weighted by molar-refractivity contribution is -0.161. The van der Waals surface area contributed by atoms with E-state index in [1.54, 1.807) is 6.08 Å². The van der Waals surface area contributed by atoms with E-state index in [9.17, 15) is 34.4 Å². The first kappa shape index (κ1) is 56.6. The van der Waals surface area contributed by atoms with Gasteiger partial charge in [0.15, 0.2) is 6.10 Å². The van der Waals surface area contributed by atoms with E-state index in [1.165, 1.54) is 57.8 Å². The molecule has 0 saturated carbocycles. The minimum Gasteiger partial charge on any atom is -0.462 e.